The summed E-state index contributed by atoms with van der Waals surface area (Å²) in [5.74, 6) is -1.82. The number of non-ortho nitro benzene ring substituents is 1. The van der Waals surface area contributed by atoms with Crippen molar-refractivity contribution >= 4 is 23.3 Å². The molecule has 0 saturated heterocycles. The summed E-state index contributed by atoms with van der Waals surface area (Å²) in [6, 6.07) is 17.6. The normalized spacial score (nSPS) is 10.5. The van der Waals surface area contributed by atoms with E-state index < -0.39 is 33.2 Å². The highest BCUT2D eigenvalue weighted by Gasteiger charge is 2.31. The van der Waals surface area contributed by atoms with Crippen LogP contribution in [-0.2, 0) is 9.47 Å². The first-order valence-corrected chi connectivity index (χ1v) is 10.8. The number of methoxy groups -OCH3 is 2. The largest absolute Gasteiger partial charge is 0.465 e. The second kappa shape index (κ2) is 10.6. The van der Waals surface area contributed by atoms with Crippen molar-refractivity contribution in [3.63, 3.8) is 0 Å². The highest BCUT2D eigenvalue weighted by molar-refractivity contribution is 6.06. The van der Waals surface area contributed by atoms with Crippen molar-refractivity contribution in [1.29, 1.82) is 0 Å². The zero-order valence-electron chi connectivity index (χ0n) is 19.9. The van der Waals surface area contributed by atoms with Crippen molar-refractivity contribution < 1.29 is 33.6 Å². The third-order valence-electron chi connectivity index (χ3n) is 5.34. The van der Waals surface area contributed by atoms with Gasteiger partial charge in [-0.2, -0.15) is 5.10 Å². The molecule has 1 aromatic heterocycles. The smallest absolute Gasteiger partial charge is 0.357 e. The molecule has 0 fully saturated rings. The predicted octanol–water partition coefficient (Wildman–Crippen LogP) is 4.72. The molecule has 0 saturated carbocycles. The lowest BCUT2D eigenvalue weighted by Crippen LogP contribution is -2.15. The van der Waals surface area contributed by atoms with Crippen molar-refractivity contribution in [2.24, 2.45) is 0 Å². The van der Waals surface area contributed by atoms with Crippen LogP contribution in [0.3, 0.4) is 0 Å². The van der Waals surface area contributed by atoms with Crippen molar-refractivity contribution in [2.45, 2.75) is 0 Å². The van der Waals surface area contributed by atoms with Gasteiger partial charge in [-0.1, -0.05) is 30.3 Å². The molecule has 3 aromatic carbocycles. The fourth-order valence-electron chi connectivity index (χ4n) is 3.64. The van der Waals surface area contributed by atoms with Crippen LogP contribution in [0.4, 0.5) is 11.4 Å². The minimum atomic E-state index is -0.847. The number of rotatable bonds is 8. The zero-order chi connectivity index (χ0) is 27.4. The van der Waals surface area contributed by atoms with Crippen molar-refractivity contribution in [2.75, 3.05) is 14.2 Å². The Bertz CT molecular complexity index is 1560. The standard InChI is InChI=1S/C25H18N4O9/c1-36-24(30)21-22(26-27(23(21)25(31)37-2)16-8-4-3-5-9-16)15-7-6-10-18(13-15)38-20-12-11-17(28(32)33)14-19(20)29(34)35/h3-14H,1-2H3. The monoisotopic (exact) mass is 518 g/mol. The van der Waals surface area contributed by atoms with Gasteiger partial charge in [0.2, 0.25) is 5.75 Å². The minimum absolute atomic E-state index is 0.0600. The maximum Gasteiger partial charge on any atom is 0.357 e. The summed E-state index contributed by atoms with van der Waals surface area (Å²) in [7, 11) is 2.32. The molecule has 0 radical (unpaired) electrons. The second-order valence-electron chi connectivity index (χ2n) is 7.60. The van der Waals surface area contributed by atoms with Gasteiger partial charge in [0.1, 0.15) is 17.0 Å². The van der Waals surface area contributed by atoms with E-state index in [0.29, 0.717) is 11.3 Å². The zero-order valence-corrected chi connectivity index (χ0v) is 19.9. The molecule has 13 heteroatoms. The van der Waals surface area contributed by atoms with Crippen LogP contribution in [0.15, 0.2) is 72.8 Å². The van der Waals surface area contributed by atoms with Gasteiger partial charge in [0.15, 0.2) is 5.69 Å². The fourth-order valence-corrected chi connectivity index (χ4v) is 3.64. The molecule has 4 rings (SSSR count). The quantitative estimate of drug-likeness (QED) is 0.181. The first kappa shape index (κ1) is 25.5. The Hall–Kier alpha value is -5.59. The molecular weight excluding hydrogens is 500 g/mol. The van der Waals surface area contributed by atoms with Gasteiger partial charge in [-0.3, -0.25) is 20.2 Å². The SMILES string of the molecule is COC(=O)c1c(-c2cccc(Oc3ccc([N+](=O)[O-])cc3[N+](=O)[O-])c2)nn(-c2ccccc2)c1C(=O)OC. The van der Waals surface area contributed by atoms with E-state index in [-0.39, 0.29) is 28.5 Å². The number of esters is 2. The van der Waals surface area contributed by atoms with Crippen LogP contribution in [0.25, 0.3) is 16.9 Å². The van der Waals surface area contributed by atoms with E-state index in [0.717, 1.165) is 32.4 Å². The van der Waals surface area contributed by atoms with Gasteiger partial charge in [-0.05, 0) is 30.3 Å². The molecule has 192 valence electrons. The van der Waals surface area contributed by atoms with Crippen LogP contribution in [-0.4, -0.2) is 45.8 Å². The number of nitrogens with zero attached hydrogens (tertiary/aromatic N) is 4. The lowest BCUT2D eigenvalue weighted by molar-refractivity contribution is -0.394. The Morgan fingerprint density at radius 1 is 0.842 bits per heavy atom. The number of ether oxygens (including phenoxy) is 3. The van der Waals surface area contributed by atoms with Gasteiger partial charge in [0.25, 0.3) is 5.69 Å². The molecule has 4 aromatic rings. The van der Waals surface area contributed by atoms with E-state index in [1.165, 1.54) is 16.8 Å². The van der Waals surface area contributed by atoms with E-state index in [2.05, 4.69) is 5.10 Å². The number of hydrogen-bond acceptors (Lipinski definition) is 10. The maximum absolute atomic E-state index is 12.8. The second-order valence-corrected chi connectivity index (χ2v) is 7.60. The summed E-state index contributed by atoms with van der Waals surface area (Å²) >= 11 is 0. The Kier molecular flexibility index (Phi) is 7.10. The first-order valence-electron chi connectivity index (χ1n) is 10.8. The van der Waals surface area contributed by atoms with Crippen molar-refractivity contribution in [3.05, 3.63) is 104 Å². The Labute approximate surface area is 214 Å². The summed E-state index contributed by atoms with van der Waals surface area (Å²) in [6.07, 6.45) is 0. The Morgan fingerprint density at radius 2 is 1.55 bits per heavy atom. The summed E-state index contributed by atoms with van der Waals surface area (Å²) in [6.45, 7) is 0. The van der Waals surface area contributed by atoms with Crippen LogP contribution < -0.4 is 4.74 Å². The molecule has 38 heavy (non-hydrogen) atoms. The molecule has 0 aliphatic carbocycles. The molecule has 0 aliphatic heterocycles. The van der Waals surface area contributed by atoms with E-state index in [1.54, 1.807) is 42.5 Å². The van der Waals surface area contributed by atoms with Gasteiger partial charge >= 0.3 is 17.6 Å². The number of hydrogen-bond donors (Lipinski definition) is 0. The predicted molar refractivity (Wildman–Crippen MR) is 132 cm³/mol. The Morgan fingerprint density at radius 3 is 2.18 bits per heavy atom. The van der Waals surface area contributed by atoms with Crippen LogP contribution >= 0.6 is 0 Å². The van der Waals surface area contributed by atoms with Crippen molar-refractivity contribution in [3.8, 4) is 28.4 Å². The number of aromatic nitrogens is 2. The van der Waals surface area contributed by atoms with E-state index in [4.69, 9.17) is 14.2 Å². The third kappa shape index (κ3) is 4.88. The number of para-hydroxylation sites is 1. The molecule has 0 amide bonds. The van der Waals surface area contributed by atoms with Gasteiger partial charge in [-0.25, -0.2) is 14.3 Å². The minimum Gasteiger partial charge on any atom is -0.465 e. The highest BCUT2D eigenvalue weighted by atomic mass is 16.6. The maximum atomic E-state index is 12.8. The number of carbonyl (C=O) groups is 2. The number of benzene rings is 3. The number of nitro groups is 2. The topological polar surface area (TPSA) is 166 Å². The first-order chi connectivity index (χ1) is 18.2. The Balaban J connectivity index is 1.86. The molecule has 13 nitrogen and oxygen atoms in total. The van der Waals surface area contributed by atoms with E-state index in [1.807, 2.05) is 0 Å². The van der Waals surface area contributed by atoms with Gasteiger partial charge in [0, 0.05) is 11.6 Å². The highest BCUT2D eigenvalue weighted by Crippen LogP contribution is 2.36. The van der Waals surface area contributed by atoms with Gasteiger partial charge in [0.05, 0.1) is 35.8 Å². The summed E-state index contributed by atoms with van der Waals surface area (Å²) in [5.41, 5.74) is -0.571. The molecule has 0 N–H and O–H groups in total. The summed E-state index contributed by atoms with van der Waals surface area (Å²) < 4.78 is 16.8. The van der Waals surface area contributed by atoms with Crippen LogP contribution in [0.1, 0.15) is 20.8 Å². The third-order valence-corrected chi connectivity index (χ3v) is 5.34. The number of carbonyl (C=O) groups excluding carboxylic acids is 2. The van der Waals surface area contributed by atoms with Gasteiger partial charge in [-0.15, -0.1) is 0 Å². The number of nitro benzene ring substituents is 2. The lowest BCUT2D eigenvalue weighted by atomic mass is 10.1. The van der Waals surface area contributed by atoms with Crippen LogP contribution in [0.5, 0.6) is 11.5 Å². The molecule has 0 bridgehead atoms. The summed E-state index contributed by atoms with van der Waals surface area (Å²) in [5, 5.41) is 27.0. The molecular formula is C25H18N4O9. The van der Waals surface area contributed by atoms with E-state index in [9.17, 15) is 29.8 Å². The van der Waals surface area contributed by atoms with E-state index >= 15 is 0 Å². The average Bonchev–Trinajstić information content (AvgIpc) is 3.33. The molecule has 0 atom stereocenters. The van der Waals surface area contributed by atoms with Crippen LogP contribution in [0, 0.1) is 20.2 Å². The fraction of sp³-hybridized carbons (Fsp3) is 0.0800. The molecule has 0 spiro atoms. The van der Waals surface area contributed by atoms with Crippen LogP contribution in [0.2, 0.25) is 0 Å². The average molecular weight is 518 g/mol. The molecule has 0 unspecified atom stereocenters. The molecule has 1 heterocycles. The van der Waals surface area contributed by atoms with Crippen molar-refractivity contribution in [1.82, 2.24) is 9.78 Å². The lowest BCUT2D eigenvalue weighted by Gasteiger charge is -2.08. The van der Waals surface area contributed by atoms with Gasteiger partial charge < -0.3 is 14.2 Å². The summed E-state index contributed by atoms with van der Waals surface area (Å²) in [4.78, 5) is 46.5. The molecule has 0 aliphatic rings.